The third kappa shape index (κ3) is 3.53. The molecular weight excluding hydrogens is 210 g/mol. The van der Waals surface area contributed by atoms with Crippen LogP contribution in [0.5, 0.6) is 0 Å². The Balaban J connectivity index is 3.06. The number of hydrogen-bond acceptors (Lipinski definition) is 1. The first-order valence-corrected chi connectivity index (χ1v) is 6.55. The molecule has 86 valence electrons. The summed E-state index contributed by atoms with van der Waals surface area (Å²) < 4.78 is 0. The summed E-state index contributed by atoms with van der Waals surface area (Å²) in [6.07, 6.45) is 0. The van der Waals surface area contributed by atoms with E-state index >= 15 is 0 Å². The summed E-state index contributed by atoms with van der Waals surface area (Å²) >= 11 is 0. The molecule has 0 saturated heterocycles. The van der Waals surface area contributed by atoms with Gasteiger partial charge in [0.05, 0.1) is 9.52 Å². The van der Waals surface area contributed by atoms with Gasteiger partial charge < -0.3 is 4.90 Å². The largest absolute Gasteiger partial charge is 0.378 e. The van der Waals surface area contributed by atoms with Crippen LogP contribution in [0.2, 0.25) is 5.04 Å². The average molecular weight is 231 g/mol. The zero-order chi connectivity index (χ0) is 12.3. The van der Waals surface area contributed by atoms with E-state index in [-0.39, 0.29) is 0 Å². The first kappa shape index (κ1) is 13.0. The third-order valence-corrected chi connectivity index (χ3v) is 3.74. The topological polar surface area (TPSA) is 3.24 Å². The molecule has 1 aromatic carbocycles. The van der Waals surface area contributed by atoms with Gasteiger partial charge in [0.15, 0.2) is 0 Å². The molecule has 2 radical (unpaired) electrons. The van der Waals surface area contributed by atoms with Gasteiger partial charge in [0.1, 0.15) is 0 Å². The second kappa shape index (κ2) is 4.87. The maximum absolute atomic E-state index is 4.15. The lowest BCUT2D eigenvalue weighted by Gasteiger charge is -2.22. The van der Waals surface area contributed by atoms with Gasteiger partial charge in [-0.05, 0) is 10.6 Å². The molecule has 0 N–H and O–H groups in total. The van der Waals surface area contributed by atoms with E-state index < -0.39 is 0 Å². The van der Waals surface area contributed by atoms with E-state index in [1.54, 1.807) is 0 Å². The molecule has 0 aliphatic rings. The second-order valence-corrected chi connectivity index (χ2v) is 7.55. The minimum atomic E-state index is 0.336. The molecule has 0 fully saturated rings. The summed E-state index contributed by atoms with van der Waals surface area (Å²) in [5, 5.41) is 1.75. The Bertz CT molecular complexity index is 375. The highest BCUT2D eigenvalue weighted by Gasteiger charge is 2.16. The predicted octanol–water partition coefficient (Wildman–Crippen LogP) is 2.77. The summed E-state index contributed by atoms with van der Waals surface area (Å²) in [6.45, 7) is 11.0. The molecule has 1 rings (SSSR count). The fraction of sp³-hybridized carbons (Fsp3) is 0.429. The van der Waals surface area contributed by atoms with Gasteiger partial charge in [0.25, 0.3) is 0 Å². The molecule has 1 nitrogen and oxygen atoms in total. The summed E-state index contributed by atoms with van der Waals surface area (Å²) in [5.74, 6) is 0. The van der Waals surface area contributed by atoms with Crippen molar-refractivity contribution in [2.45, 2.75) is 25.8 Å². The van der Waals surface area contributed by atoms with Crippen LogP contribution >= 0.6 is 0 Å². The van der Waals surface area contributed by atoms with Crippen LogP contribution in [0.3, 0.4) is 0 Å². The summed E-state index contributed by atoms with van der Waals surface area (Å²) in [4.78, 5) is 2.08. The van der Waals surface area contributed by atoms with E-state index in [0.29, 0.717) is 5.04 Å². The highest BCUT2D eigenvalue weighted by Crippen LogP contribution is 2.21. The molecule has 0 atom stereocenters. The molecule has 0 unspecified atom stereocenters. The van der Waals surface area contributed by atoms with Crippen LogP contribution in [0.4, 0.5) is 0 Å². The molecule has 16 heavy (non-hydrogen) atoms. The first-order valence-electron chi connectivity index (χ1n) is 5.55. The summed E-state index contributed by atoms with van der Waals surface area (Å²) in [7, 11) is 4.89. The Labute approximate surface area is 102 Å². The van der Waals surface area contributed by atoms with Gasteiger partial charge in [-0.25, -0.2) is 0 Å². The Morgan fingerprint density at radius 1 is 1.19 bits per heavy atom. The van der Waals surface area contributed by atoms with E-state index in [2.05, 4.69) is 56.5 Å². The van der Waals surface area contributed by atoms with Crippen LogP contribution < -0.4 is 5.19 Å². The third-order valence-electron chi connectivity index (χ3n) is 2.29. The van der Waals surface area contributed by atoms with Crippen molar-refractivity contribution < 1.29 is 0 Å². The van der Waals surface area contributed by atoms with Gasteiger partial charge >= 0.3 is 0 Å². The highest BCUT2D eigenvalue weighted by atomic mass is 28.2. The van der Waals surface area contributed by atoms with E-state index in [4.69, 9.17) is 0 Å². The molecular formula is C14H21NSi. The first-order chi connectivity index (χ1) is 7.31. The summed E-state index contributed by atoms with van der Waals surface area (Å²) in [6, 6.07) is 8.57. The lowest BCUT2D eigenvalue weighted by atomic mass is 10.1. The van der Waals surface area contributed by atoms with Crippen LogP contribution in [0.1, 0.15) is 26.3 Å². The van der Waals surface area contributed by atoms with Gasteiger partial charge in [-0.3, -0.25) is 0 Å². The van der Waals surface area contributed by atoms with Crippen molar-refractivity contribution in [1.82, 2.24) is 4.90 Å². The Hall–Kier alpha value is -1.02. The van der Waals surface area contributed by atoms with Crippen LogP contribution in [0.15, 0.2) is 30.8 Å². The van der Waals surface area contributed by atoms with Crippen LogP contribution in [0, 0.1) is 0 Å². The van der Waals surface area contributed by atoms with E-state index in [1.165, 1.54) is 10.8 Å². The van der Waals surface area contributed by atoms with Crippen LogP contribution in [-0.2, 0) is 0 Å². The maximum Gasteiger partial charge on any atom is 0.0877 e. The van der Waals surface area contributed by atoms with Crippen LogP contribution in [0.25, 0.3) is 5.70 Å². The SMILES string of the molecule is C=C(c1ccccc1[Si]C(C)(C)C)N(C)C. The quantitative estimate of drug-likeness (QED) is 0.723. The van der Waals surface area contributed by atoms with Gasteiger partial charge in [0.2, 0.25) is 0 Å². The van der Waals surface area contributed by atoms with Crippen molar-refractivity contribution in [2.24, 2.45) is 0 Å². The van der Waals surface area contributed by atoms with E-state index in [9.17, 15) is 0 Å². The van der Waals surface area contributed by atoms with Crippen molar-refractivity contribution in [3.63, 3.8) is 0 Å². The molecule has 0 heterocycles. The van der Waals surface area contributed by atoms with Crippen molar-refractivity contribution in [1.29, 1.82) is 0 Å². The molecule has 0 aromatic heterocycles. The Morgan fingerprint density at radius 2 is 1.75 bits per heavy atom. The fourth-order valence-corrected chi connectivity index (χ4v) is 2.84. The van der Waals surface area contributed by atoms with Crippen molar-refractivity contribution >= 4 is 20.4 Å². The number of nitrogens with zero attached hydrogens (tertiary/aromatic N) is 1. The molecule has 0 aliphatic heterocycles. The van der Waals surface area contributed by atoms with Crippen LogP contribution in [-0.4, -0.2) is 28.5 Å². The Kier molecular flexibility index (Phi) is 3.97. The molecule has 0 saturated carbocycles. The predicted molar refractivity (Wildman–Crippen MR) is 74.3 cm³/mol. The van der Waals surface area contributed by atoms with Crippen molar-refractivity contribution in [2.75, 3.05) is 14.1 Å². The number of benzene rings is 1. The standard InChI is InChI=1S/C14H21NSi/c1-11(15(5)6)12-9-7-8-10-13(12)16-14(2,3)4/h7-10H,1H2,2-6H3. The molecule has 0 amide bonds. The van der Waals surface area contributed by atoms with Gasteiger partial charge in [-0.15, -0.1) is 0 Å². The Morgan fingerprint density at radius 3 is 2.25 bits per heavy atom. The van der Waals surface area contributed by atoms with Gasteiger partial charge in [-0.2, -0.15) is 0 Å². The van der Waals surface area contributed by atoms with Gasteiger partial charge in [0, 0.05) is 19.8 Å². The second-order valence-electron chi connectivity index (χ2n) is 5.26. The van der Waals surface area contributed by atoms with E-state index in [1.807, 2.05) is 14.1 Å². The fourth-order valence-electron chi connectivity index (χ4n) is 1.49. The number of rotatable bonds is 3. The minimum Gasteiger partial charge on any atom is -0.378 e. The summed E-state index contributed by atoms with van der Waals surface area (Å²) in [5.41, 5.74) is 2.37. The van der Waals surface area contributed by atoms with Crippen molar-refractivity contribution in [3.05, 3.63) is 36.4 Å². The van der Waals surface area contributed by atoms with Crippen molar-refractivity contribution in [3.8, 4) is 0 Å². The average Bonchev–Trinajstić information content (AvgIpc) is 2.15. The molecule has 0 bridgehead atoms. The molecule has 2 heteroatoms. The maximum atomic E-state index is 4.15. The zero-order valence-electron chi connectivity index (χ0n) is 11.0. The number of hydrogen-bond donors (Lipinski definition) is 0. The monoisotopic (exact) mass is 231 g/mol. The molecule has 1 aromatic rings. The highest BCUT2D eigenvalue weighted by molar-refractivity contribution is 6.57. The zero-order valence-corrected chi connectivity index (χ0v) is 12.0. The molecule has 0 aliphatic carbocycles. The minimum absolute atomic E-state index is 0.336. The normalized spacial score (nSPS) is 11.3. The molecule has 0 spiro atoms. The van der Waals surface area contributed by atoms with E-state index in [0.717, 1.165) is 15.2 Å². The van der Waals surface area contributed by atoms with Gasteiger partial charge in [-0.1, -0.05) is 56.8 Å². The smallest absolute Gasteiger partial charge is 0.0877 e. The lowest BCUT2D eigenvalue weighted by Crippen LogP contribution is -2.28. The lowest BCUT2D eigenvalue weighted by molar-refractivity contribution is 0.594.